The van der Waals surface area contributed by atoms with Gasteiger partial charge >= 0.3 is 12.0 Å². The van der Waals surface area contributed by atoms with Gasteiger partial charge in [-0.3, -0.25) is 0 Å². The Morgan fingerprint density at radius 1 is 1.47 bits per heavy atom. The summed E-state index contributed by atoms with van der Waals surface area (Å²) in [5.41, 5.74) is 0.273. The van der Waals surface area contributed by atoms with Gasteiger partial charge in [-0.1, -0.05) is 13.8 Å². The van der Waals surface area contributed by atoms with E-state index in [9.17, 15) is 9.59 Å². The topological polar surface area (TPSA) is 69.6 Å². The number of urea groups is 1. The van der Waals surface area contributed by atoms with Crippen LogP contribution in [-0.4, -0.2) is 41.1 Å². The highest BCUT2D eigenvalue weighted by atomic mass is 16.4. The molecule has 2 unspecified atom stereocenters. The van der Waals surface area contributed by atoms with Crippen LogP contribution < -0.4 is 5.32 Å². The van der Waals surface area contributed by atoms with Crippen molar-refractivity contribution in [2.75, 3.05) is 7.05 Å². The molecular formula is C12H22N2O3. The highest BCUT2D eigenvalue weighted by Gasteiger charge is 2.33. The van der Waals surface area contributed by atoms with E-state index in [-0.39, 0.29) is 17.5 Å². The number of likely N-dealkylation sites (N-methyl/N-ethyl adjacent to an activating group) is 1. The number of carboxylic acids is 1. The van der Waals surface area contributed by atoms with Crippen LogP contribution in [0.1, 0.15) is 40.0 Å². The maximum atomic E-state index is 11.8. The molecule has 0 bridgehead atoms. The third-order valence-corrected chi connectivity index (χ3v) is 3.55. The number of hydrogen-bond acceptors (Lipinski definition) is 2. The van der Waals surface area contributed by atoms with Gasteiger partial charge in [0.25, 0.3) is 0 Å². The number of carbonyl (C=O) groups is 2. The minimum atomic E-state index is -0.991. The minimum absolute atomic E-state index is 0.168. The molecule has 0 aromatic carbocycles. The first-order valence-electron chi connectivity index (χ1n) is 5.99. The molecule has 2 N–H and O–H groups in total. The lowest BCUT2D eigenvalue weighted by molar-refractivity contribution is -0.141. The third-order valence-electron chi connectivity index (χ3n) is 3.55. The van der Waals surface area contributed by atoms with Crippen molar-refractivity contribution >= 4 is 12.0 Å². The Kier molecular flexibility index (Phi) is 4.01. The van der Waals surface area contributed by atoms with E-state index in [0.29, 0.717) is 0 Å². The molecule has 0 radical (unpaired) electrons. The summed E-state index contributed by atoms with van der Waals surface area (Å²) in [6, 6.07) is -0.937. The fourth-order valence-corrected chi connectivity index (χ4v) is 2.18. The molecule has 2 amide bonds. The molecule has 1 fully saturated rings. The number of aliphatic carboxylic acids is 1. The molecule has 0 spiro atoms. The van der Waals surface area contributed by atoms with Gasteiger partial charge < -0.3 is 15.3 Å². The van der Waals surface area contributed by atoms with E-state index in [4.69, 9.17) is 5.11 Å². The largest absolute Gasteiger partial charge is 0.480 e. The molecule has 0 aliphatic heterocycles. The Morgan fingerprint density at radius 3 is 2.47 bits per heavy atom. The number of nitrogens with one attached hydrogen (secondary N) is 1. The predicted molar refractivity (Wildman–Crippen MR) is 64.8 cm³/mol. The van der Waals surface area contributed by atoms with Crippen LogP contribution in [-0.2, 0) is 4.79 Å². The van der Waals surface area contributed by atoms with Crippen LogP contribution in [0, 0.1) is 5.41 Å². The quantitative estimate of drug-likeness (QED) is 0.791. The van der Waals surface area contributed by atoms with Gasteiger partial charge in [-0.15, -0.1) is 0 Å². The zero-order valence-electron chi connectivity index (χ0n) is 11.0. The zero-order chi connectivity index (χ0) is 13.2. The van der Waals surface area contributed by atoms with E-state index >= 15 is 0 Å². The molecule has 1 aliphatic rings. The molecule has 17 heavy (non-hydrogen) atoms. The Hall–Kier alpha value is -1.26. The van der Waals surface area contributed by atoms with E-state index in [1.54, 1.807) is 0 Å². The number of nitrogens with zero attached hydrogens (tertiary/aromatic N) is 1. The van der Waals surface area contributed by atoms with Gasteiger partial charge in [-0.05, 0) is 31.6 Å². The second-order valence-electron chi connectivity index (χ2n) is 5.68. The van der Waals surface area contributed by atoms with Gasteiger partial charge in [0.1, 0.15) is 6.04 Å². The van der Waals surface area contributed by atoms with Crippen LogP contribution in [0.15, 0.2) is 0 Å². The maximum Gasteiger partial charge on any atom is 0.326 e. The van der Waals surface area contributed by atoms with Crippen molar-refractivity contribution in [1.82, 2.24) is 10.2 Å². The van der Waals surface area contributed by atoms with Crippen LogP contribution >= 0.6 is 0 Å². The molecule has 5 heteroatoms. The van der Waals surface area contributed by atoms with Gasteiger partial charge in [-0.2, -0.15) is 0 Å². The number of amides is 2. The number of rotatable bonds is 3. The molecule has 0 saturated heterocycles. The fourth-order valence-electron chi connectivity index (χ4n) is 2.18. The zero-order valence-corrected chi connectivity index (χ0v) is 11.0. The van der Waals surface area contributed by atoms with Crippen molar-refractivity contribution in [2.45, 2.75) is 52.1 Å². The average Bonchev–Trinajstić information content (AvgIpc) is 2.55. The molecule has 1 rings (SSSR count). The van der Waals surface area contributed by atoms with Crippen molar-refractivity contribution in [1.29, 1.82) is 0 Å². The first-order valence-corrected chi connectivity index (χ1v) is 5.99. The van der Waals surface area contributed by atoms with E-state index in [2.05, 4.69) is 19.2 Å². The second-order valence-corrected chi connectivity index (χ2v) is 5.68. The normalized spacial score (nSPS) is 24.1. The summed E-state index contributed by atoms with van der Waals surface area (Å²) in [6.07, 6.45) is 3.01. The van der Waals surface area contributed by atoms with Crippen molar-refractivity contribution in [3.63, 3.8) is 0 Å². The van der Waals surface area contributed by atoms with E-state index in [0.717, 1.165) is 19.3 Å². The average molecular weight is 242 g/mol. The summed E-state index contributed by atoms with van der Waals surface area (Å²) < 4.78 is 0. The van der Waals surface area contributed by atoms with Gasteiger partial charge in [0.15, 0.2) is 0 Å². The fraction of sp³-hybridized carbons (Fsp3) is 0.833. The number of hydrogen-bond donors (Lipinski definition) is 2. The molecule has 0 aromatic rings. The van der Waals surface area contributed by atoms with Gasteiger partial charge in [0, 0.05) is 13.1 Å². The summed E-state index contributed by atoms with van der Waals surface area (Å²) in [5.74, 6) is -0.991. The Labute approximate surface area is 102 Å². The van der Waals surface area contributed by atoms with Crippen molar-refractivity contribution < 1.29 is 14.7 Å². The smallest absolute Gasteiger partial charge is 0.326 e. The Morgan fingerprint density at radius 2 is 2.06 bits per heavy atom. The number of carboxylic acid groups (broad SMARTS) is 1. The molecule has 0 aromatic heterocycles. The standard InChI is InChI=1S/C12H22N2O3/c1-8(10(15)16)14(4)11(17)13-9-5-6-12(2,3)7-9/h8-9H,5-7H2,1-4H3,(H,13,17)(H,15,16). The molecule has 98 valence electrons. The maximum absolute atomic E-state index is 11.8. The summed E-state index contributed by atoms with van der Waals surface area (Å²) in [7, 11) is 1.51. The SMILES string of the molecule is CC(C(=O)O)N(C)C(=O)NC1CCC(C)(C)C1. The van der Waals surface area contributed by atoms with Crippen molar-refractivity contribution in [2.24, 2.45) is 5.41 Å². The van der Waals surface area contributed by atoms with E-state index < -0.39 is 12.0 Å². The van der Waals surface area contributed by atoms with Crippen LogP contribution in [0.5, 0.6) is 0 Å². The third kappa shape index (κ3) is 3.61. The second kappa shape index (κ2) is 4.94. The molecule has 1 saturated carbocycles. The first-order chi connectivity index (χ1) is 7.73. The summed E-state index contributed by atoms with van der Waals surface area (Å²) in [6.45, 7) is 5.87. The molecule has 0 heterocycles. The Bertz CT molecular complexity index is 315. The van der Waals surface area contributed by atoms with Crippen LogP contribution in [0.25, 0.3) is 0 Å². The number of carbonyl (C=O) groups excluding carboxylic acids is 1. The molecule has 2 atom stereocenters. The van der Waals surface area contributed by atoms with E-state index in [1.165, 1.54) is 18.9 Å². The van der Waals surface area contributed by atoms with Crippen LogP contribution in [0.3, 0.4) is 0 Å². The van der Waals surface area contributed by atoms with Crippen molar-refractivity contribution in [3.05, 3.63) is 0 Å². The lowest BCUT2D eigenvalue weighted by Crippen LogP contribution is -2.48. The Balaban J connectivity index is 2.47. The monoisotopic (exact) mass is 242 g/mol. The van der Waals surface area contributed by atoms with Crippen LogP contribution in [0.2, 0.25) is 0 Å². The summed E-state index contributed by atoms with van der Waals surface area (Å²) in [5, 5.41) is 11.7. The van der Waals surface area contributed by atoms with Gasteiger partial charge in [0.05, 0.1) is 0 Å². The van der Waals surface area contributed by atoms with Gasteiger partial charge in [0.2, 0.25) is 0 Å². The summed E-state index contributed by atoms with van der Waals surface area (Å²) in [4.78, 5) is 23.8. The lowest BCUT2D eigenvalue weighted by Gasteiger charge is -2.24. The van der Waals surface area contributed by atoms with Crippen molar-refractivity contribution in [3.8, 4) is 0 Å². The molecule has 1 aliphatic carbocycles. The van der Waals surface area contributed by atoms with Gasteiger partial charge in [-0.25, -0.2) is 9.59 Å². The predicted octanol–water partition coefficient (Wildman–Crippen LogP) is 1.68. The lowest BCUT2D eigenvalue weighted by atomic mass is 9.92. The van der Waals surface area contributed by atoms with Crippen LogP contribution in [0.4, 0.5) is 4.79 Å². The highest BCUT2D eigenvalue weighted by molar-refractivity contribution is 5.82. The molecule has 5 nitrogen and oxygen atoms in total. The minimum Gasteiger partial charge on any atom is -0.480 e. The first kappa shape index (κ1) is 13.8. The van der Waals surface area contributed by atoms with E-state index in [1.807, 2.05) is 0 Å². The summed E-state index contributed by atoms with van der Waals surface area (Å²) >= 11 is 0. The molecular weight excluding hydrogens is 220 g/mol. The highest BCUT2D eigenvalue weighted by Crippen LogP contribution is 2.36.